The number of aliphatic hydroxyl groups excluding tert-OH is 1. The van der Waals surface area contributed by atoms with Crippen LogP contribution in [0.15, 0.2) is 72.3 Å². The van der Waals surface area contributed by atoms with Crippen molar-refractivity contribution in [3.63, 3.8) is 0 Å². The Morgan fingerprint density at radius 3 is 2.39 bits per heavy atom. The highest BCUT2D eigenvalue weighted by atomic mass is 19.1. The summed E-state index contributed by atoms with van der Waals surface area (Å²) in [6.07, 6.45) is 0. The standard InChI is InChI=1S/C29H28FNO5/c1-5-36-23-13-12-18(15-22(23)29(2,3)4)26(33)24-25(17-8-6-11-21(32)14-17)31(28(35)27(24)34)20-10-7-9-19(30)16-20/h6-16,25,32-33H,5H2,1-4H3/b26-24-. The summed E-state index contributed by atoms with van der Waals surface area (Å²) in [6, 6.07) is 15.4. The van der Waals surface area contributed by atoms with Gasteiger partial charge in [0, 0.05) is 16.8 Å². The molecule has 4 rings (SSSR count). The van der Waals surface area contributed by atoms with Crippen molar-refractivity contribution >= 4 is 23.1 Å². The van der Waals surface area contributed by atoms with Gasteiger partial charge in [0.15, 0.2) is 0 Å². The predicted octanol–water partition coefficient (Wildman–Crippen LogP) is 5.85. The van der Waals surface area contributed by atoms with Crippen molar-refractivity contribution in [1.29, 1.82) is 0 Å². The first-order valence-corrected chi connectivity index (χ1v) is 11.7. The maximum absolute atomic E-state index is 14.1. The number of phenols is 1. The second-order valence-electron chi connectivity index (χ2n) is 9.64. The molecule has 1 aliphatic rings. The summed E-state index contributed by atoms with van der Waals surface area (Å²) in [7, 11) is 0. The summed E-state index contributed by atoms with van der Waals surface area (Å²) in [6.45, 7) is 8.35. The third-order valence-corrected chi connectivity index (χ3v) is 6.08. The van der Waals surface area contributed by atoms with Crippen LogP contribution in [0.1, 0.15) is 50.4 Å². The first-order chi connectivity index (χ1) is 17.0. The number of phenolic OH excluding ortho intramolecular Hbond substituents is 1. The van der Waals surface area contributed by atoms with Crippen molar-refractivity contribution in [1.82, 2.24) is 0 Å². The zero-order valence-electron chi connectivity index (χ0n) is 20.6. The third kappa shape index (κ3) is 4.56. The fraction of sp³-hybridized carbons (Fsp3) is 0.241. The van der Waals surface area contributed by atoms with Gasteiger partial charge in [-0.15, -0.1) is 0 Å². The number of Topliss-reactive ketones (excluding diaryl/α,β-unsaturated/α-hetero) is 1. The molecule has 6 nitrogen and oxygen atoms in total. The van der Waals surface area contributed by atoms with Gasteiger partial charge < -0.3 is 14.9 Å². The molecule has 1 amide bonds. The lowest BCUT2D eigenvalue weighted by atomic mass is 9.84. The molecular formula is C29H28FNO5. The molecule has 2 N–H and O–H groups in total. The normalized spacial score (nSPS) is 17.5. The number of halogens is 1. The van der Waals surface area contributed by atoms with E-state index in [1.165, 1.54) is 30.3 Å². The maximum Gasteiger partial charge on any atom is 0.300 e. The van der Waals surface area contributed by atoms with Crippen molar-refractivity contribution in [2.45, 2.75) is 39.2 Å². The van der Waals surface area contributed by atoms with Crippen LogP contribution in [0.2, 0.25) is 0 Å². The molecule has 0 spiro atoms. The Kier molecular flexibility index (Phi) is 6.59. The molecule has 36 heavy (non-hydrogen) atoms. The smallest absolute Gasteiger partial charge is 0.300 e. The Hall–Kier alpha value is -4.13. The molecule has 1 aliphatic heterocycles. The number of aromatic hydroxyl groups is 1. The molecular weight excluding hydrogens is 461 g/mol. The SMILES string of the molecule is CCOc1ccc(/C(O)=C2/C(=O)C(=O)N(c3cccc(F)c3)C2c2cccc(O)c2)cc1C(C)(C)C. The van der Waals surface area contributed by atoms with Crippen LogP contribution in [0.25, 0.3) is 5.76 Å². The predicted molar refractivity (Wildman–Crippen MR) is 136 cm³/mol. The molecule has 7 heteroatoms. The number of amides is 1. The van der Waals surface area contributed by atoms with Gasteiger partial charge >= 0.3 is 0 Å². The molecule has 0 aliphatic carbocycles. The van der Waals surface area contributed by atoms with Crippen LogP contribution in [0.4, 0.5) is 10.1 Å². The molecule has 0 bridgehead atoms. The van der Waals surface area contributed by atoms with Gasteiger partial charge in [-0.3, -0.25) is 14.5 Å². The van der Waals surface area contributed by atoms with Crippen LogP contribution in [0.3, 0.4) is 0 Å². The molecule has 1 heterocycles. The average molecular weight is 490 g/mol. The fourth-order valence-electron chi connectivity index (χ4n) is 4.44. The van der Waals surface area contributed by atoms with Gasteiger partial charge in [0.25, 0.3) is 11.7 Å². The van der Waals surface area contributed by atoms with Crippen molar-refractivity contribution in [3.8, 4) is 11.5 Å². The van der Waals surface area contributed by atoms with Crippen LogP contribution in [0, 0.1) is 5.82 Å². The Balaban J connectivity index is 1.96. The third-order valence-electron chi connectivity index (χ3n) is 6.08. The Morgan fingerprint density at radius 2 is 1.75 bits per heavy atom. The lowest BCUT2D eigenvalue weighted by molar-refractivity contribution is -0.132. The lowest BCUT2D eigenvalue weighted by Crippen LogP contribution is -2.29. The fourth-order valence-corrected chi connectivity index (χ4v) is 4.44. The highest BCUT2D eigenvalue weighted by Crippen LogP contribution is 2.43. The van der Waals surface area contributed by atoms with E-state index < -0.39 is 23.5 Å². The minimum absolute atomic E-state index is 0.0755. The first-order valence-electron chi connectivity index (χ1n) is 11.7. The van der Waals surface area contributed by atoms with E-state index in [1.54, 1.807) is 30.3 Å². The van der Waals surface area contributed by atoms with Gasteiger partial charge in [0.05, 0.1) is 18.2 Å². The molecule has 3 aromatic carbocycles. The van der Waals surface area contributed by atoms with Crippen LogP contribution in [0.5, 0.6) is 11.5 Å². The molecule has 0 saturated carbocycles. The largest absolute Gasteiger partial charge is 0.508 e. The summed E-state index contributed by atoms with van der Waals surface area (Å²) in [4.78, 5) is 27.7. The van der Waals surface area contributed by atoms with E-state index in [2.05, 4.69) is 0 Å². The molecule has 1 saturated heterocycles. The summed E-state index contributed by atoms with van der Waals surface area (Å²) < 4.78 is 19.8. The number of hydrogen-bond acceptors (Lipinski definition) is 5. The van der Waals surface area contributed by atoms with E-state index in [1.807, 2.05) is 27.7 Å². The van der Waals surface area contributed by atoms with Gasteiger partial charge in [-0.1, -0.05) is 39.0 Å². The summed E-state index contributed by atoms with van der Waals surface area (Å²) >= 11 is 0. The van der Waals surface area contributed by atoms with E-state index in [0.717, 1.165) is 16.5 Å². The highest BCUT2D eigenvalue weighted by molar-refractivity contribution is 6.51. The van der Waals surface area contributed by atoms with Crippen molar-refractivity contribution in [3.05, 3.63) is 94.8 Å². The molecule has 3 aromatic rings. The van der Waals surface area contributed by atoms with Gasteiger partial charge in [-0.25, -0.2) is 4.39 Å². The van der Waals surface area contributed by atoms with Crippen LogP contribution in [-0.2, 0) is 15.0 Å². The zero-order valence-corrected chi connectivity index (χ0v) is 20.6. The maximum atomic E-state index is 14.1. The molecule has 0 aromatic heterocycles. The first kappa shape index (κ1) is 25.0. The van der Waals surface area contributed by atoms with Crippen LogP contribution in [-0.4, -0.2) is 28.5 Å². The Morgan fingerprint density at radius 1 is 1.03 bits per heavy atom. The number of ether oxygens (including phenoxy) is 1. The van der Waals surface area contributed by atoms with Gasteiger partial charge in [-0.05, 0) is 66.4 Å². The molecule has 0 radical (unpaired) electrons. The average Bonchev–Trinajstić information content (AvgIpc) is 3.09. The highest BCUT2D eigenvalue weighted by Gasteiger charge is 2.47. The summed E-state index contributed by atoms with van der Waals surface area (Å²) in [5.41, 5.74) is 1.22. The minimum atomic E-state index is -1.08. The van der Waals surface area contributed by atoms with Crippen molar-refractivity contribution in [2.75, 3.05) is 11.5 Å². The van der Waals surface area contributed by atoms with Crippen molar-refractivity contribution in [2.24, 2.45) is 0 Å². The molecule has 186 valence electrons. The van der Waals surface area contributed by atoms with E-state index in [-0.39, 0.29) is 28.2 Å². The van der Waals surface area contributed by atoms with Crippen LogP contribution >= 0.6 is 0 Å². The van der Waals surface area contributed by atoms with Gasteiger partial charge in [-0.2, -0.15) is 0 Å². The molecule has 1 fully saturated rings. The number of benzene rings is 3. The number of rotatable bonds is 5. The van der Waals surface area contributed by atoms with E-state index in [9.17, 15) is 24.2 Å². The number of anilines is 1. The van der Waals surface area contributed by atoms with E-state index in [0.29, 0.717) is 23.5 Å². The number of nitrogens with zero attached hydrogens (tertiary/aromatic N) is 1. The lowest BCUT2D eigenvalue weighted by Gasteiger charge is -2.26. The number of carbonyl (C=O) groups is 2. The zero-order chi connectivity index (χ0) is 26.2. The van der Waals surface area contributed by atoms with Crippen molar-refractivity contribution < 1.29 is 28.9 Å². The quantitative estimate of drug-likeness (QED) is 0.267. The summed E-state index contributed by atoms with van der Waals surface area (Å²) in [5.74, 6) is -2.17. The van der Waals surface area contributed by atoms with Gasteiger partial charge in [0.2, 0.25) is 0 Å². The monoisotopic (exact) mass is 489 g/mol. The minimum Gasteiger partial charge on any atom is -0.508 e. The number of ketones is 1. The molecule has 1 unspecified atom stereocenters. The van der Waals surface area contributed by atoms with Gasteiger partial charge in [0.1, 0.15) is 23.1 Å². The molecule has 1 atom stereocenters. The van der Waals surface area contributed by atoms with E-state index in [4.69, 9.17) is 4.74 Å². The topological polar surface area (TPSA) is 87.1 Å². The number of aliphatic hydroxyl groups is 1. The second-order valence-corrected chi connectivity index (χ2v) is 9.64. The summed E-state index contributed by atoms with van der Waals surface area (Å²) in [5, 5.41) is 21.6. The van der Waals surface area contributed by atoms with Crippen LogP contribution < -0.4 is 9.64 Å². The number of hydrogen-bond donors (Lipinski definition) is 2. The number of carbonyl (C=O) groups excluding carboxylic acids is 2. The Bertz CT molecular complexity index is 1370. The second kappa shape index (κ2) is 9.49. The van der Waals surface area contributed by atoms with E-state index >= 15 is 0 Å². The Labute approximate surface area is 209 Å².